The van der Waals surface area contributed by atoms with Crippen molar-refractivity contribution >= 4 is 28.3 Å². The van der Waals surface area contributed by atoms with Crippen molar-refractivity contribution in [2.75, 3.05) is 31.6 Å². The van der Waals surface area contributed by atoms with E-state index in [0.717, 1.165) is 68.1 Å². The molecule has 1 aliphatic heterocycles. The van der Waals surface area contributed by atoms with E-state index >= 15 is 0 Å². The molecule has 14 heteroatoms. The van der Waals surface area contributed by atoms with Gasteiger partial charge in [-0.1, -0.05) is 24.3 Å². The maximum absolute atomic E-state index is 13.1. The van der Waals surface area contributed by atoms with Gasteiger partial charge in [0, 0.05) is 47.8 Å². The average molecular weight is 651 g/mol. The molecule has 46 heavy (non-hydrogen) atoms. The minimum Gasteiger partial charge on any atom is -0.475 e. The number of carbonyl (C=O) groups excluding carboxylic acids is 1. The average Bonchev–Trinajstić information content (AvgIpc) is 3.47. The summed E-state index contributed by atoms with van der Waals surface area (Å²) in [7, 11) is 0. The largest absolute Gasteiger partial charge is 0.490 e. The van der Waals surface area contributed by atoms with Gasteiger partial charge in [-0.15, -0.1) is 11.3 Å². The maximum atomic E-state index is 13.1. The fraction of sp³-hybridized carbons (Fsp3) is 0.312. The summed E-state index contributed by atoms with van der Waals surface area (Å²) in [5.41, 5.74) is 4.97. The molecule has 1 amide bonds. The number of fused-ring (bicyclic) bond motifs is 1. The topological polar surface area (TPSA) is 141 Å². The quantitative estimate of drug-likeness (QED) is 0.290. The summed E-state index contributed by atoms with van der Waals surface area (Å²) in [6.45, 7) is 3.59. The molecule has 1 fully saturated rings. The van der Waals surface area contributed by atoms with Gasteiger partial charge in [0.05, 0.1) is 36.2 Å². The first-order valence-electron chi connectivity index (χ1n) is 14.4. The van der Waals surface area contributed by atoms with E-state index in [1.165, 1.54) is 4.88 Å². The van der Waals surface area contributed by atoms with Crippen molar-refractivity contribution in [2.45, 2.75) is 37.9 Å². The summed E-state index contributed by atoms with van der Waals surface area (Å²) >= 11 is 1.60. The molecule has 2 N–H and O–H groups in total. The highest BCUT2D eigenvalue weighted by Crippen LogP contribution is 2.32. The lowest BCUT2D eigenvalue weighted by molar-refractivity contribution is -0.192. The van der Waals surface area contributed by atoms with Gasteiger partial charge in [0.2, 0.25) is 0 Å². The molecule has 0 bridgehead atoms. The predicted octanol–water partition coefficient (Wildman–Crippen LogP) is 5.14. The SMILES string of the molecule is N#Cc1ccc(-c2ccnc(Cc3cccc(C(=O)Nc4nc5c(s4)CC(N4CCOCC4)CC5)c3)n2)cc1.O=C(O)C(F)(F)F. The van der Waals surface area contributed by atoms with Crippen molar-refractivity contribution < 1.29 is 32.6 Å². The fourth-order valence-corrected chi connectivity index (χ4v) is 6.27. The van der Waals surface area contributed by atoms with Gasteiger partial charge < -0.3 is 9.84 Å². The molecule has 1 saturated heterocycles. The number of aromatic nitrogens is 3. The second-order valence-corrected chi connectivity index (χ2v) is 11.7. The first-order chi connectivity index (χ1) is 22.1. The number of nitriles is 1. The molecule has 2 aliphatic rings. The Kier molecular flexibility index (Phi) is 10.4. The van der Waals surface area contributed by atoms with E-state index in [9.17, 15) is 18.0 Å². The minimum atomic E-state index is -5.08. The molecule has 0 saturated carbocycles. The van der Waals surface area contributed by atoms with Crippen LogP contribution in [0, 0.1) is 11.3 Å². The van der Waals surface area contributed by atoms with Crippen molar-refractivity contribution in [3.8, 4) is 17.3 Å². The van der Waals surface area contributed by atoms with E-state index < -0.39 is 12.1 Å². The minimum absolute atomic E-state index is 0.167. The summed E-state index contributed by atoms with van der Waals surface area (Å²) < 4.78 is 37.2. The standard InChI is InChI=1S/C30H28N6O2S.C2HF3O2/c31-19-20-4-6-22(7-5-20)25-10-11-32-28(33-25)17-21-2-1-3-23(16-21)29(37)35-30-34-26-9-8-24(18-27(26)39-30)36-12-14-38-15-13-36;3-2(4,5)1(6)7/h1-7,10-11,16,24H,8-9,12-15,17-18H2,(H,34,35,37);(H,6,7). The van der Waals surface area contributed by atoms with Crippen LogP contribution in [0.15, 0.2) is 60.8 Å². The summed E-state index contributed by atoms with van der Waals surface area (Å²) in [4.78, 5) is 39.7. The summed E-state index contributed by atoms with van der Waals surface area (Å²) in [5, 5.41) is 19.8. The number of benzene rings is 2. The van der Waals surface area contributed by atoms with Gasteiger partial charge in [-0.05, 0) is 55.2 Å². The molecule has 1 aliphatic carbocycles. The number of hydrogen-bond donors (Lipinski definition) is 2. The number of nitrogens with one attached hydrogen (secondary N) is 1. The van der Waals surface area contributed by atoms with Gasteiger partial charge in [-0.25, -0.2) is 19.7 Å². The fourth-order valence-electron chi connectivity index (χ4n) is 5.20. The Morgan fingerprint density at radius 2 is 1.85 bits per heavy atom. The molecule has 10 nitrogen and oxygen atoms in total. The van der Waals surface area contributed by atoms with Crippen molar-refractivity contribution in [3.63, 3.8) is 0 Å². The van der Waals surface area contributed by atoms with Crippen LogP contribution in [-0.4, -0.2) is 75.4 Å². The number of amides is 1. The molecule has 6 rings (SSSR count). The number of ether oxygens (including phenoxy) is 1. The first kappa shape index (κ1) is 32.7. The zero-order chi connectivity index (χ0) is 32.7. The molecule has 1 atom stereocenters. The number of carboxylic acid groups (broad SMARTS) is 1. The van der Waals surface area contributed by atoms with Crippen molar-refractivity contribution in [1.82, 2.24) is 19.9 Å². The number of aryl methyl sites for hydroxylation is 1. The Morgan fingerprint density at radius 3 is 2.54 bits per heavy atom. The number of thiazole rings is 1. The summed E-state index contributed by atoms with van der Waals surface area (Å²) in [5.74, 6) is -2.26. The van der Waals surface area contributed by atoms with Crippen LogP contribution < -0.4 is 5.32 Å². The Hall–Kier alpha value is -4.71. The molecular weight excluding hydrogens is 621 g/mol. The zero-order valence-electron chi connectivity index (χ0n) is 24.5. The highest BCUT2D eigenvalue weighted by Gasteiger charge is 2.38. The second-order valence-electron chi connectivity index (χ2n) is 10.6. The van der Waals surface area contributed by atoms with Crippen LogP contribution >= 0.6 is 11.3 Å². The van der Waals surface area contributed by atoms with Crippen LogP contribution in [0.5, 0.6) is 0 Å². The van der Waals surface area contributed by atoms with Crippen molar-refractivity contribution in [3.05, 3.63) is 93.9 Å². The number of aliphatic carboxylic acids is 1. The predicted molar refractivity (Wildman–Crippen MR) is 163 cm³/mol. The number of morpholine rings is 1. The van der Waals surface area contributed by atoms with Crippen LogP contribution in [0.3, 0.4) is 0 Å². The van der Waals surface area contributed by atoms with Gasteiger partial charge in [0.15, 0.2) is 5.13 Å². The molecule has 2 aromatic heterocycles. The Balaban J connectivity index is 0.000000537. The summed E-state index contributed by atoms with van der Waals surface area (Å²) in [6.07, 6.45) is 0.182. The third-order valence-electron chi connectivity index (χ3n) is 7.51. The van der Waals surface area contributed by atoms with Gasteiger partial charge >= 0.3 is 12.1 Å². The Labute approximate surface area is 266 Å². The van der Waals surface area contributed by atoms with Gasteiger partial charge in [-0.2, -0.15) is 18.4 Å². The van der Waals surface area contributed by atoms with Gasteiger partial charge in [0.1, 0.15) is 5.82 Å². The van der Waals surface area contributed by atoms with E-state index in [4.69, 9.17) is 29.9 Å². The monoisotopic (exact) mass is 650 g/mol. The molecule has 3 heterocycles. The number of carboxylic acids is 1. The van der Waals surface area contributed by atoms with Crippen LogP contribution in [0.25, 0.3) is 11.3 Å². The lowest BCUT2D eigenvalue weighted by atomic mass is 9.96. The highest BCUT2D eigenvalue weighted by atomic mass is 32.1. The van der Waals surface area contributed by atoms with E-state index in [0.29, 0.717) is 34.5 Å². The van der Waals surface area contributed by atoms with Gasteiger partial charge in [0.25, 0.3) is 5.91 Å². The van der Waals surface area contributed by atoms with E-state index in [-0.39, 0.29) is 5.91 Å². The third-order valence-corrected chi connectivity index (χ3v) is 8.54. The second kappa shape index (κ2) is 14.6. The van der Waals surface area contributed by atoms with Crippen LogP contribution in [0.2, 0.25) is 0 Å². The maximum Gasteiger partial charge on any atom is 0.490 e. The molecule has 1 unspecified atom stereocenters. The van der Waals surface area contributed by atoms with Gasteiger partial charge in [-0.3, -0.25) is 15.0 Å². The third kappa shape index (κ3) is 8.51. The number of alkyl halides is 3. The number of anilines is 1. The Bertz CT molecular complexity index is 1730. The molecule has 0 radical (unpaired) electrons. The first-order valence-corrected chi connectivity index (χ1v) is 15.2. The number of nitrogens with zero attached hydrogens (tertiary/aromatic N) is 5. The highest BCUT2D eigenvalue weighted by molar-refractivity contribution is 7.15. The normalized spacial score (nSPS) is 16.3. The van der Waals surface area contributed by atoms with Crippen molar-refractivity contribution in [1.29, 1.82) is 5.26 Å². The van der Waals surface area contributed by atoms with Crippen LogP contribution in [-0.2, 0) is 28.8 Å². The lowest BCUT2D eigenvalue weighted by Crippen LogP contribution is -2.45. The van der Waals surface area contributed by atoms with Crippen LogP contribution in [0.4, 0.5) is 18.3 Å². The summed E-state index contributed by atoms with van der Waals surface area (Å²) in [6, 6.07) is 19.4. The van der Waals surface area contributed by atoms with E-state index in [1.807, 2.05) is 42.5 Å². The smallest absolute Gasteiger partial charge is 0.475 e. The zero-order valence-corrected chi connectivity index (χ0v) is 25.3. The van der Waals surface area contributed by atoms with E-state index in [2.05, 4.69) is 21.3 Å². The Morgan fingerprint density at radius 1 is 1.11 bits per heavy atom. The number of hydrogen-bond acceptors (Lipinski definition) is 9. The van der Waals surface area contributed by atoms with E-state index in [1.54, 1.807) is 29.7 Å². The van der Waals surface area contributed by atoms with Crippen molar-refractivity contribution in [2.24, 2.45) is 0 Å². The number of rotatable bonds is 6. The molecule has 2 aromatic carbocycles. The molecule has 0 spiro atoms. The molecular formula is C32H29F3N6O4S. The number of carbonyl (C=O) groups is 2. The van der Waals surface area contributed by atoms with Crippen LogP contribution in [0.1, 0.15) is 44.3 Å². The molecule has 238 valence electrons. The lowest BCUT2D eigenvalue weighted by Gasteiger charge is -2.36. The molecule has 4 aromatic rings. The number of halogens is 3.